The molecular formula is C12H18O4. The van der Waals surface area contributed by atoms with E-state index in [2.05, 4.69) is 0 Å². The van der Waals surface area contributed by atoms with Crippen LogP contribution < -0.4 is 0 Å². The fourth-order valence-electron chi connectivity index (χ4n) is 3.48. The lowest BCUT2D eigenvalue weighted by atomic mass is 9.67. The van der Waals surface area contributed by atoms with E-state index in [4.69, 9.17) is 14.6 Å². The third-order valence-electron chi connectivity index (χ3n) is 4.28. The van der Waals surface area contributed by atoms with Crippen molar-refractivity contribution in [1.82, 2.24) is 0 Å². The van der Waals surface area contributed by atoms with E-state index >= 15 is 0 Å². The maximum absolute atomic E-state index is 10.5. The van der Waals surface area contributed by atoms with Crippen LogP contribution in [0.5, 0.6) is 0 Å². The van der Waals surface area contributed by atoms with Crippen LogP contribution in [0.25, 0.3) is 0 Å². The van der Waals surface area contributed by atoms with Crippen molar-refractivity contribution in [3.05, 3.63) is 0 Å². The zero-order valence-electron chi connectivity index (χ0n) is 9.30. The fourth-order valence-corrected chi connectivity index (χ4v) is 3.48. The van der Waals surface area contributed by atoms with Crippen molar-refractivity contribution in [2.75, 3.05) is 0 Å². The summed E-state index contributed by atoms with van der Waals surface area (Å²) in [6, 6.07) is 0. The first kappa shape index (κ1) is 10.5. The molecule has 0 amide bonds. The topological polar surface area (TPSA) is 55.8 Å². The van der Waals surface area contributed by atoms with Gasteiger partial charge in [-0.1, -0.05) is 0 Å². The van der Waals surface area contributed by atoms with Gasteiger partial charge in [0.2, 0.25) is 0 Å². The summed E-state index contributed by atoms with van der Waals surface area (Å²) in [5.74, 6) is 0.541. The maximum Gasteiger partial charge on any atom is 0.303 e. The summed E-state index contributed by atoms with van der Waals surface area (Å²) in [7, 11) is 0. The largest absolute Gasteiger partial charge is 0.481 e. The summed E-state index contributed by atoms with van der Waals surface area (Å²) in [6.07, 6.45) is 5.93. The number of ether oxygens (including phenoxy) is 2. The van der Waals surface area contributed by atoms with Crippen LogP contribution in [0, 0.1) is 11.8 Å². The summed E-state index contributed by atoms with van der Waals surface area (Å²) in [5.41, 5.74) is 0. The molecular weight excluding hydrogens is 208 g/mol. The molecule has 2 bridgehead atoms. The second-order valence-corrected chi connectivity index (χ2v) is 5.24. The van der Waals surface area contributed by atoms with Crippen LogP contribution in [-0.4, -0.2) is 29.6 Å². The number of aliphatic carboxylic acids is 1. The van der Waals surface area contributed by atoms with Gasteiger partial charge in [0.25, 0.3) is 0 Å². The molecule has 3 saturated carbocycles. The predicted molar refractivity (Wildman–Crippen MR) is 55.9 cm³/mol. The van der Waals surface area contributed by atoms with Crippen molar-refractivity contribution >= 4 is 5.97 Å². The lowest BCUT2D eigenvalue weighted by Gasteiger charge is -2.43. The molecule has 0 aromatic heterocycles. The quantitative estimate of drug-likeness (QED) is 0.797. The molecule has 2 atom stereocenters. The Bertz CT molecular complexity index is 263. The molecule has 16 heavy (non-hydrogen) atoms. The Morgan fingerprint density at radius 3 is 2.00 bits per heavy atom. The number of fused-ring (bicyclic) bond motifs is 2. The highest BCUT2D eigenvalue weighted by Crippen LogP contribution is 2.48. The van der Waals surface area contributed by atoms with Gasteiger partial charge in [-0.25, -0.2) is 0 Å². The molecule has 4 aliphatic rings. The Balaban J connectivity index is 1.61. The van der Waals surface area contributed by atoms with Gasteiger partial charge in [0.15, 0.2) is 6.29 Å². The van der Waals surface area contributed by atoms with E-state index in [0.29, 0.717) is 18.3 Å². The summed E-state index contributed by atoms with van der Waals surface area (Å²) in [5, 5.41) is 8.64. The van der Waals surface area contributed by atoms with Crippen LogP contribution in [0.1, 0.15) is 38.5 Å². The Morgan fingerprint density at radius 2 is 1.56 bits per heavy atom. The van der Waals surface area contributed by atoms with Gasteiger partial charge in [-0.2, -0.15) is 0 Å². The van der Waals surface area contributed by atoms with E-state index in [0.717, 1.165) is 0 Å². The van der Waals surface area contributed by atoms with Gasteiger partial charge in [-0.15, -0.1) is 0 Å². The van der Waals surface area contributed by atoms with Gasteiger partial charge < -0.3 is 14.6 Å². The highest BCUT2D eigenvalue weighted by atomic mass is 16.7. The molecule has 4 rings (SSSR count). The average Bonchev–Trinajstić information content (AvgIpc) is 2.73. The van der Waals surface area contributed by atoms with Gasteiger partial charge >= 0.3 is 5.97 Å². The van der Waals surface area contributed by atoms with Gasteiger partial charge in [-0.05, 0) is 37.5 Å². The van der Waals surface area contributed by atoms with Crippen LogP contribution in [0.3, 0.4) is 0 Å². The molecule has 90 valence electrons. The molecule has 1 saturated heterocycles. The zero-order valence-corrected chi connectivity index (χ0v) is 9.30. The normalized spacial score (nSPS) is 45.6. The number of carboxylic acids is 1. The van der Waals surface area contributed by atoms with Crippen LogP contribution in [0.15, 0.2) is 0 Å². The van der Waals surface area contributed by atoms with Crippen molar-refractivity contribution < 1.29 is 19.4 Å². The smallest absolute Gasteiger partial charge is 0.303 e. The van der Waals surface area contributed by atoms with Crippen molar-refractivity contribution in [2.24, 2.45) is 11.8 Å². The highest BCUT2D eigenvalue weighted by Gasteiger charge is 2.50. The van der Waals surface area contributed by atoms with Gasteiger partial charge in [0, 0.05) is 6.42 Å². The molecule has 4 heteroatoms. The first-order valence-electron chi connectivity index (χ1n) is 6.27. The molecule has 0 radical (unpaired) electrons. The van der Waals surface area contributed by atoms with Gasteiger partial charge in [-0.3, -0.25) is 4.79 Å². The minimum Gasteiger partial charge on any atom is -0.481 e. The average molecular weight is 226 g/mol. The summed E-state index contributed by atoms with van der Waals surface area (Å²) in [4.78, 5) is 10.5. The van der Waals surface area contributed by atoms with Crippen LogP contribution >= 0.6 is 0 Å². The standard InChI is InChI=1S/C12H18O4/c13-9(14)5-6-10-15-11-7-1-2-8(4-3-7)12(11)16-10/h7-8,10-12H,1-6H2,(H,13,14). The minimum absolute atomic E-state index is 0.138. The van der Waals surface area contributed by atoms with E-state index in [1.807, 2.05) is 0 Å². The summed E-state index contributed by atoms with van der Waals surface area (Å²) < 4.78 is 11.7. The molecule has 3 aliphatic carbocycles. The number of carbonyl (C=O) groups is 1. The zero-order chi connectivity index (χ0) is 11.1. The fraction of sp³-hybridized carbons (Fsp3) is 0.917. The molecule has 0 aromatic rings. The Labute approximate surface area is 94.9 Å². The van der Waals surface area contributed by atoms with Gasteiger partial charge in [0.05, 0.1) is 18.6 Å². The number of rotatable bonds is 3. The third kappa shape index (κ3) is 1.74. The molecule has 0 spiro atoms. The van der Waals surface area contributed by atoms with E-state index in [1.54, 1.807) is 0 Å². The molecule has 4 fully saturated rings. The molecule has 1 heterocycles. The first-order valence-corrected chi connectivity index (χ1v) is 6.27. The Hall–Kier alpha value is -0.610. The lowest BCUT2D eigenvalue weighted by molar-refractivity contribution is -0.140. The third-order valence-corrected chi connectivity index (χ3v) is 4.28. The predicted octanol–water partition coefficient (Wildman–Crippen LogP) is 1.78. The SMILES string of the molecule is O=C(O)CCC1OC2C3CCC(CC3)C2O1. The lowest BCUT2D eigenvalue weighted by Crippen LogP contribution is -2.45. The maximum atomic E-state index is 10.5. The summed E-state index contributed by atoms with van der Waals surface area (Å²) >= 11 is 0. The van der Waals surface area contributed by atoms with E-state index in [-0.39, 0.29) is 24.9 Å². The first-order chi connectivity index (χ1) is 7.74. The number of carboxylic acid groups (broad SMARTS) is 1. The Kier molecular flexibility index (Phi) is 2.64. The number of hydrogen-bond donors (Lipinski definition) is 1. The Morgan fingerprint density at radius 1 is 1.06 bits per heavy atom. The van der Waals surface area contributed by atoms with Crippen LogP contribution in [0.2, 0.25) is 0 Å². The van der Waals surface area contributed by atoms with Crippen LogP contribution in [-0.2, 0) is 14.3 Å². The minimum atomic E-state index is -0.773. The molecule has 1 aliphatic heterocycles. The molecule has 4 nitrogen and oxygen atoms in total. The van der Waals surface area contributed by atoms with E-state index < -0.39 is 5.97 Å². The number of hydrogen-bond acceptors (Lipinski definition) is 3. The summed E-state index contributed by atoms with van der Waals surface area (Å²) in [6.45, 7) is 0. The second-order valence-electron chi connectivity index (χ2n) is 5.24. The van der Waals surface area contributed by atoms with Crippen molar-refractivity contribution in [3.63, 3.8) is 0 Å². The second kappa shape index (κ2) is 4.00. The molecule has 1 N–H and O–H groups in total. The van der Waals surface area contributed by atoms with Crippen LogP contribution in [0.4, 0.5) is 0 Å². The monoisotopic (exact) mass is 226 g/mol. The molecule has 2 unspecified atom stereocenters. The molecule has 0 aromatic carbocycles. The van der Waals surface area contributed by atoms with Crippen molar-refractivity contribution in [2.45, 2.75) is 57.0 Å². The van der Waals surface area contributed by atoms with Crippen molar-refractivity contribution in [3.8, 4) is 0 Å². The van der Waals surface area contributed by atoms with Gasteiger partial charge in [0.1, 0.15) is 0 Å². The van der Waals surface area contributed by atoms with E-state index in [1.165, 1.54) is 25.7 Å². The van der Waals surface area contributed by atoms with Crippen molar-refractivity contribution in [1.29, 1.82) is 0 Å². The van der Waals surface area contributed by atoms with E-state index in [9.17, 15) is 4.79 Å². The highest BCUT2D eigenvalue weighted by molar-refractivity contribution is 5.66.